The number of hydrogen-bond donors (Lipinski definition) is 0. The van der Waals surface area contributed by atoms with E-state index in [-0.39, 0.29) is 0 Å². The highest BCUT2D eigenvalue weighted by atomic mass is 35.5. The summed E-state index contributed by atoms with van der Waals surface area (Å²) in [6.45, 7) is 11.0. The van der Waals surface area contributed by atoms with Crippen molar-refractivity contribution in [2.75, 3.05) is 18.0 Å². The van der Waals surface area contributed by atoms with E-state index in [1.807, 2.05) is 30.2 Å². The monoisotopic (exact) mass is 447 g/mol. The Bertz CT molecular complexity index is 1320. The fourth-order valence-corrected chi connectivity index (χ4v) is 4.73. The first-order chi connectivity index (χ1) is 15.2. The summed E-state index contributed by atoms with van der Waals surface area (Å²) in [5.74, 6) is 0.578. The predicted molar refractivity (Wildman–Crippen MR) is 133 cm³/mol. The molecule has 6 heteroatoms. The molecular formula is C26H30ClN5. The molecule has 166 valence electrons. The summed E-state index contributed by atoms with van der Waals surface area (Å²) in [6, 6.07) is 8.36. The smallest absolute Gasteiger partial charge is 0.161 e. The molecule has 1 aliphatic carbocycles. The van der Waals surface area contributed by atoms with Gasteiger partial charge in [-0.3, -0.25) is 4.68 Å². The molecule has 4 aromatic rings. The molecule has 1 saturated carbocycles. The lowest BCUT2D eigenvalue weighted by molar-refractivity contribution is 0.514. The summed E-state index contributed by atoms with van der Waals surface area (Å²) >= 11 is 6.79. The quantitative estimate of drug-likeness (QED) is 0.342. The van der Waals surface area contributed by atoms with Gasteiger partial charge in [-0.1, -0.05) is 32.4 Å². The minimum absolute atomic E-state index is 0.429. The Labute approximate surface area is 194 Å². The molecular weight excluding hydrogens is 418 g/mol. The Morgan fingerprint density at radius 3 is 2.69 bits per heavy atom. The zero-order valence-corrected chi connectivity index (χ0v) is 20.2. The standard InChI is InChI=1S/C26H30ClN5/c1-16(2)13-32(15-26(4)6-7-26)20-10-21-22(27)11-23(29-25(21)28-12-20)18-8-17(3)24-19(9-18)14-31(5)30-24/h8-12,14,16H,6-7,13,15H2,1-5H3. The van der Waals surface area contributed by atoms with Crippen LogP contribution >= 0.6 is 11.6 Å². The number of nitrogens with zero attached hydrogens (tertiary/aromatic N) is 5. The molecule has 3 aromatic heterocycles. The highest BCUT2D eigenvalue weighted by Crippen LogP contribution is 2.46. The van der Waals surface area contributed by atoms with Crippen LogP contribution in [0.15, 0.2) is 36.7 Å². The number of hydrogen-bond acceptors (Lipinski definition) is 4. The third-order valence-electron chi connectivity index (χ3n) is 6.44. The van der Waals surface area contributed by atoms with E-state index in [9.17, 15) is 0 Å². The van der Waals surface area contributed by atoms with Crippen LogP contribution in [0.5, 0.6) is 0 Å². The number of halogens is 1. The maximum absolute atomic E-state index is 6.79. The number of aryl methyl sites for hydroxylation is 2. The molecule has 0 spiro atoms. The van der Waals surface area contributed by atoms with E-state index >= 15 is 0 Å². The van der Waals surface area contributed by atoms with Gasteiger partial charge in [0, 0.05) is 42.7 Å². The maximum Gasteiger partial charge on any atom is 0.161 e. The van der Waals surface area contributed by atoms with Gasteiger partial charge in [0.25, 0.3) is 0 Å². The molecule has 0 bridgehead atoms. The van der Waals surface area contributed by atoms with Crippen LogP contribution in [0.25, 0.3) is 33.2 Å². The molecule has 0 unspecified atom stereocenters. The van der Waals surface area contributed by atoms with Gasteiger partial charge < -0.3 is 4.90 Å². The number of aromatic nitrogens is 4. The van der Waals surface area contributed by atoms with Crippen molar-refractivity contribution >= 4 is 39.2 Å². The van der Waals surface area contributed by atoms with Crippen LogP contribution in [0.4, 0.5) is 5.69 Å². The van der Waals surface area contributed by atoms with Crippen molar-refractivity contribution in [3.63, 3.8) is 0 Å². The van der Waals surface area contributed by atoms with Gasteiger partial charge in [-0.05, 0) is 60.9 Å². The van der Waals surface area contributed by atoms with E-state index in [1.54, 1.807) is 0 Å². The third-order valence-corrected chi connectivity index (χ3v) is 6.75. The van der Waals surface area contributed by atoms with Gasteiger partial charge in [0.1, 0.15) is 0 Å². The maximum atomic E-state index is 6.79. The number of pyridine rings is 2. The van der Waals surface area contributed by atoms with Crippen LogP contribution in [0.1, 0.15) is 39.2 Å². The average Bonchev–Trinajstić information content (AvgIpc) is 3.32. The van der Waals surface area contributed by atoms with Crippen molar-refractivity contribution in [2.45, 2.75) is 40.5 Å². The normalized spacial score (nSPS) is 15.1. The van der Waals surface area contributed by atoms with Crippen LogP contribution in [-0.2, 0) is 7.05 Å². The Hall–Kier alpha value is -2.66. The number of anilines is 1. The summed E-state index contributed by atoms with van der Waals surface area (Å²) < 4.78 is 1.84. The van der Waals surface area contributed by atoms with Crippen molar-refractivity contribution in [1.82, 2.24) is 19.7 Å². The van der Waals surface area contributed by atoms with Crippen LogP contribution in [0, 0.1) is 18.3 Å². The highest BCUT2D eigenvalue weighted by Gasteiger charge is 2.39. The Balaban J connectivity index is 1.54. The lowest BCUT2D eigenvalue weighted by Gasteiger charge is -2.29. The Kier molecular flexibility index (Phi) is 5.12. The summed E-state index contributed by atoms with van der Waals surface area (Å²) in [5, 5.41) is 7.23. The molecule has 5 nitrogen and oxygen atoms in total. The van der Waals surface area contributed by atoms with Gasteiger partial charge in [0.05, 0.1) is 28.1 Å². The van der Waals surface area contributed by atoms with Gasteiger partial charge in [-0.15, -0.1) is 0 Å². The zero-order valence-electron chi connectivity index (χ0n) is 19.5. The summed E-state index contributed by atoms with van der Waals surface area (Å²) in [7, 11) is 1.94. The fourth-order valence-electron chi connectivity index (χ4n) is 4.49. The first-order valence-electron chi connectivity index (χ1n) is 11.4. The van der Waals surface area contributed by atoms with Crippen molar-refractivity contribution in [1.29, 1.82) is 0 Å². The highest BCUT2D eigenvalue weighted by molar-refractivity contribution is 6.35. The van der Waals surface area contributed by atoms with Crippen LogP contribution in [-0.4, -0.2) is 32.8 Å². The number of rotatable bonds is 6. The minimum atomic E-state index is 0.429. The van der Waals surface area contributed by atoms with Crippen LogP contribution < -0.4 is 4.90 Å². The van der Waals surface area contributed by atoms with Gasteiger partial charge in [-0.25, -0.2) is 9.97 Å². The van der Waals surface area contributed by atoms with Gasteiger partial charge >= 0.3 is 0 Å². The van der Waals surface area contributed by atoms with Gasteiger partial charge in [-0.2, -0.15) is 5.10 Å². The molecule has 0 amide bonds. The SMILES string of the molecule is Cc1cc(-c2cc(Cl)c3cc(N(CC(C)C)CC4(C)CC4)cnc3n2)cc2cn(C)nc12. The van der Waals surface area contributed by atoms with Crippen molar-refractivity contribution in [3.05, 3.63) is 47.2 Å². The predicted octanol–water partition coefficient (Wildman–Crippen LogP) is 6.41. The summed E-state index contributed by atoms with van der Waals surface area (Å²) in [5.41, 5.74) is 6.24. The van der Waals surface area contributed by atoms with E-state index in [2.05, 4.69) is 55.9 Å². The lowest BCUT2D eigenvalue weighted by Crippen LogP contribution is -2.32. The molecule has 0 aliphatic heterocycles. The molecule has 0 atom stereocenters. The molecule has 5 rings (SSSR count). The second-order valence-corrected chi connectivity index (χ2v) is 10.6. The van der Waals surface area contributed by atoms with Crippen molar-refractivity contribution in [2.24, 2.45) is 18.4 Å². The third kappa shape index (κ3) is 4.06. The summed E-state index contributed by atoms with van der Waals surface area (Å²) in [6.07, 6.45) is 6.59. The first-order valence-corrected chi connectivity index (χ1v) is 11.7. The van der Waals surface area contributed by atoms with E-state index in [0.717, 1.165) is 51.9 Å². The second kappa shape index (κ2) is 7.73. The Morgan fingerprint density at radius 1 is 1.19 bits per heavy atom. The molecule has 32 heavy (non-hydrogen) atoms. The largest absolute Gasteiger partial charge is 0.369 e. The fraction of sp³-hybridized carbons (Fsp3) is 0.423. The lowest BCUT2D eigenvalue weighted by atomic mass is 10.0. The second-order valence-electron chi connectivity index (χ2n) is 10.2. The molecule has 1 fully saturated rings. The number of benzene rings is 1. The molecule has 1 aliphatic rings. The molecule has 1 aromatic carbocycles. The first kappa shape index (κ1) is 21.2. The zero-order chi connectivity index (χ0) is 22.6. The van der Waals surface area contributed by atoms with Crippen molar-refractivity contribution in [3.8, 4) is 11.3 Å². The van der Waals surface area contributed by atoms with E-state index in [4.69, 9.17) is 21.6 Å². The van der Waals surface area contributed by atoms with E-state index in [1.165, 1.54) is 12.8 Å². The van der Waals surface area contributed by atoms with Gasteiger partial charge in [0.15, 0.2) is 5.65 Å². The molecule has 0 N–H and O–H groups in total. The summed E-state index contributed by atoms with van der Waals surface area (Å²) in [4.78, 5) is 12.1. The molecule has 0 saturated heterocycles. The minimum Gasteiger partial charge on any atom is -0.369 e. The molecule has 3 heterocycles. The van der Waals surface area contributed by atoms with E-state index < -0.39 is 0 Å². The molecule has 0 radical (unpaired) electrons. The average molecular weight is 448 g/mol. The Morgan fingerprint density at radius 2 is 1.97 bits per heavy atom. The van der Waals surface area contributed by atoms with E-state index in [0.29, 0.717) is 22.0 Å². The van der Waals surface area contributed by atoms with Crippen LogP contribution in [0.3, 0.4) is 0 Å². The van der Waals surface area contributed by atoms with Crippen molar-refractivity contribution < 1.29 is 0 Å². The topological polar surface area (TPSA) is 46.8 Å². The van der Waals surface area contributed by atoms with Crippen LogP contribution in [0.2, 0.25) is 5.02 Å². The number of fused-ring (bicyclic) bond motifs is 2. The van der Waals surface area contributed by atoms with Gasteiger partial charge in [0.2, 0.25) is 0 Å².